The van der Waals surface area contributed by atoms with Gasteiger partial charge in [-0.25, -0.2) is 0 Å². The maximum absolute atomic E-state index is 12.2. The summed E-state index contributed by atoms with van der Waals surface area (Å²) in [5.74, 6) is -1.93. The van der Waals surface area contributed by atoms with Crippen LogP contribution in [0.1, 0.15) is 10.4 Å². The SMILES string of the molecule is O=C(O)[C@@H]1CN(C(=O)c2ccc(OC(F)(F)F)cc2)CCN1. The quantitative estimate of drug-likeness (QED) is 0.872. The highest BCUT2D eigenvalue weighted by atomic mass is 19.4. The second kappa shape index (κ2) is 6.22. The van der Waals surface area contributed by atoms with E-state index in [0.717, 1.165) is 12.1 Å². The molecule has 6 nitrogen and oxygen atoms in total. The van der Waals surface area contributed by atoms with Crippen molar-refractivity contribution < 1.29 is 32.6 Å². The molecule has 0 unspecified atom stereocenters. The van der Waals surface area contributed by atoms with Gasteiger partial charge in [-0.05, 0) is 24.3 Å². The van der Waals surface area contributed by atoms with Crippen molar-refractivity contribution in [1.82, 2.24) is 10.2 Å². The molecule has 0 saturated carbocycles. The lowest BCUT2D eigenvalue weighted by molar-refractivity contribution is -0.274. The van der Waals surface area contributed by atoms with Gasteiger partial charge in [-0.3, -0.25) is 9.59 Å². The summed E-state index contributed by atoms with van der Waals surface area (Å²) in [6, 6.07) is 3.64. The van der Waals surface area contributed by atoms with Crippen LogP contribution in [0, 0.1) is 0 Å². The zero-order chi connectivity index (χ0) is 16.3. The minimum Gasteiger partial charge on any atom is -0.480 e. The van der Waals surface area contributed by atoms with Crippen molar-refractivity contribution in [2.45, 2.75) is 12.4 Å². The maximum Gasteiger partial charge on any atom is 0.573 e. The van der Waals surface area contributed by atoms with Gasteiger partial charge in [-0.2, -0.15) is 0 Å². The largest absolute Gasteiger partial charge is 0.573 e. The predicted octanol–water partition coefficient (Wildman–Crippen LogP) is 1.08. The van der Waals surface area contributed by atoms with E-state index in [0.29, 0.717) is 13.1 Å². The van der Waals surface area contributed by atoms with Crippen molar-refractivity contribution in [3.63, 3.8) is 0 Å². The van der Waals surface area contributed by atoms with Gasteiger partial charge < -0.3 is 20.1 Å². The molecule has 1 aliphatic rings. The minimum absolute atomic E-state index is 0.00499. The Balaban J connectivity index is 2.05. The Kier molecular flexibility index (Phi) is 4.55. The van der Waals surface area contributed by atoms with Crippen LogP contribution in [-0.2, 0) is 4.79 Å². The third kappa shape index (κ3) is 4.10. The molecule has 1 aromatic rings. The van der Waals surface area contributed by atoms with Crippen LogP contribution in [0.3, 0.4) is 0 Å². The topological polar surface area (TPSA) is 78.9 Å². The number of carbonyl (C=O) groups excluding carboxylic acids is 1. The lowest BCUT2D eigenvalue weighted by Crippen LogP contribution is -2.55. The van der Waals surface area contributed by atoms with Crippen LogP contribution in [0.2, 0.25) is 0 Å². The van der Waals surface area contributed by atoms with Gasteiger partial charge in [0.25, 0.3) is 5.91 Å². The number of hydrogen-bond donors (Lipinski definition) is 2. The molecule has 0 radical (unpaired) electrons. The highest BCUT2D eigenvalue weighted by Crippen LogP contribution is 2.23. The van der Waals surface area contributed by atoms with Gasteiger partial charge in [0.15, 0.2) is 0 Å². The molecule has 0 spiro atoms. The number of carbonyl (C=O) groups is 2. The molecule has 1 heterocycles. The minimum atomic E-state index is -4.79. The fourth-order valence-electron chi connectivity index (χ4n) is 2.08. The molecule has 0 bridgehead atoms. The van der Waals surface area contributed by atoms with Crippen molar-refractivity contribution >= 4 is 11.9 Å². The lowest BCUT2D eigenvalue weighted by Gasteiger charge is -2.31. The molecule has 1 fully saturated rings. The first-order valence-electron chi connectivity index (χ1n) is 6.37. The van der Waals surface area contributed by atoms with Crippen molar-refractivity contribution in [2.24, 2.45) is 0 Å². The molecule has 1 aromatic carbocycles. The number of nitrogens with one attached hydrogen (secondary N) is 1. The van der Waals surface area contributed by atoms with E-state index in [-0.39, 0.29) is 12.1 Å². The number of nitrogens with zero attached hydrogens (tertiary/aromatic N) is 1. The average molecular weight is 318 g/mol. The molecule has 22 heavy (non-hydrogen) atoms. The highest BCUT2D eigenvalue weighted by molar-refractivity contribution is 5.94. The second-order valence-corrected chi connectivity index (χ2v) is 4.67. The molecule has 1 amide bonds. The number of ether oxygens (including phenoxy) is 1. The summed E-state index contributed by atoms with van der Waals surface area (Å²) in [5.41, 5.74) is 0.167. The molecular formula is C13H13F3N2O4. The summed E-state index contributed by atoms with van der Waals surface area (Å²) in [6.45, 7) is 0.649. The number of aliphatic carboxylic acids is 1. The summed E-state index contributed by atoms with van der Waals surface area (Å²) < 4.78 is 39.9. The number of carboxylic acids is 1. The van der Waals surface area contributed by atoms with E-state index in [1.54, 1.807) is 0 Å². The molecule has 0 aromatic heterocycles. The van der Waals surface area contributed by atoms with Gasteiger partial charge in [0.05, 0.1) is 0 Å². The number of benzene rings is 1. The fraction of sp³-hybridized carbons (Fsp3) is 0.385. The molecule has 9 heteroatoms. The summed E-state index contributed by atoms with van der Waals surface area (Å²) in [4.78, 5) is 24.5. The zero-order valence-corrected chi connectivity index (χ0v) is 11.3. The zero-order valence-electron chi connectivity index (χ0n) is 11.3. The Morgan fingerprint density at radius 3 is 2.45 bits per heavy atom. The van der Waals surface area contributed by atoms with Crippen LogP contribution in [-0.4, -0.2) is 53.9 Å². The third-order valence-corrected chi connectivity index (χ3v) is 3.10. The second-order valence-electron chi connectivity index (χ2n) is 4.67. The van der Waals surface area contributed by atoms with E-state index in [9.17, 15) is 22.8 Å². The monoisotopic (exact) mass is 318 g/mol. The average Bonchev–Trinajstić information content (AvgIpc) is 2.46. The van der Waals surface area contributed by atoms with Crippen molar-refractivity contribution in [3.05, 3.63) is 29.8 Å². The fourth-order valence-corrected chi connectivity index (χ4v) is 2.08. The van der Waals surface area contributed by atoms with Gasteiger partial charge in [-0.15, -0.1) is 13.2 Å². The number of piperazine rings is 1. The van der Waals surface area contributed by atoms with E-state index >= 15 is 0 Å². The number of carboxylic acid groups (broad SMARTS) is 1. The molecule has 0 aliphatic carbocycles. The molecule has 1 saturated heterocycles. The molecular weight excluding hydrogens is 305 g/mol. The van der Waals surface area contributed by atoms with E-state index < -0.39 is 30.0 Å². The number of alkyl halides is 3. The van der Waals surface area contributed by atoms with Crippen molar-refractivity contribution in [2.75, 3.05) is 19.6 Å². The smallest absolute Gasteiger partial charge is 0.480 e. The Bertz CT molecular complexity index is 559. The van der Waals surface area contributed by atoms with E-state index in [1.807, 2.05) is 0 Å². The predicted molar refractivity (Wildman–Crippen MR) is 68.5 cm³/mol. The van der Waals surface area contributed by atoms with Crippen LogP contribution >= 0.6 is 0 Å². The lowest BCUT2D eigenvalue weighted by atomic mass is 10.1. The maximum atomic E-state index is 12.2. The Hall–Kier alpha value is -2.29. The van der Waals surface area contributed by atoms with Crippen LogP contribution in [0.15, 0.2) is 24.3 Å². The van der Waals surface area contributed by atoms with Gasteiger partial charge in [0, 0.05) is 25.2 Å². The molecule has 2 N–H and O–H groups in total. The Labute approximate surface area is 123 Å². The molecule has 1 aliphatic heterocycles. The van der Waals surface area contributed by atoms with Gasteiger partial charge >= 0.3 is 12.3 Å². The van der Waals surface area contributed by atoms with Gasteiger partial charge in [-0.1, -0.05) is 0 Å². The Morgan fingerprint density at radius 2 is 1.91 bits per heavy atom. The first-order chi connectivity index (χ1) is 10.3. The van der Waals surface area contributed by atoms with Crippen LogP contribution in [0.5, 0.6) is 5.75 Å². The highest BCUT2D eigenvalue weighted by Gasteiger charge is 2.31. The van der Waals surface area contributed by atoms with E-state index in [4.69, 9.17) is 5.11 Å². The summed E-state index contributed by atoms with van der Waals surface area (Å²) in [7, 11) is 0. The third-order valence-electron chi connectivity index (χ3n) is 3.10. The standard InChI is InChI=1S/C13H13F3N2O4/c14-13(15,16)22-9-3-1-8(2-4-9)11(19)18-6-5-17-10(7-18)12(20)21/h1-4,10,17H,5-7H2,(H,20,21)/t10-/m0/s1. The number of hydrogen-bond acceptors (Lipinski definition) is 4. The normalized spacial score (nSPS) is 18.9. The Morgan fingerprint density at radius 1 is 1.27 bits per heavy atom. The number of halogens is 3. The first kappa shape index (κ1) is 16.1. The molecule has 1 atom stereocenters. The number of amides is 1. The van der Waals surface area contributed by atoms with Crippen LogP contribution < -0.4 is 10.1 Å². The van der Waals surface area contributed by atoms with Gasteiger partial charge in [0.1, 0.15) is 11.8 Å². The summed E-state index contributed by atoms with van der Waals surface area (Å²) >= 11 is 0. The van der Waals surface area contributed by atoms with E-state index in [2.05, 4.69) is 10.1 Å². The van der Waals surface area contributed by atoms with Crippen molar-refractivity contribution in [1.29, 1.82) is 0 Å². The molecule has 2 rings (SSSR count). The first-order valence-corrected chi connectivity index (χ1v) is 6.37. The molecule has 120 valence electrons. The van der Waals surface area contributed by atoms with E-state index in [1.165, 1.54) is 17.0 Å². The van der Waals surface area contributed by atoms with Crippen LogP contribution in [0.4, 0.5) is 13.2 Å². The van der Waals surface area contributed by atoms with Gasteiger partial charge in [0.2, 0.25) is 0 Å². The summed E-state index contributed by atoms with van der Waals surface area (Å²) in [6.07, 6.45) is -4.79. The van der Waals surface area contributed by atoms with Crippen molar-refractivity contribution in [3.8, 4) is 5.75 Å². The number of rotatable bonds is 3. The van der Waals surface area contributed by atoms with Crippen LogP contribution in [0.25, 0.3) is 0 Å². The summed E-state index contributed by atoms with van der Waals surface area (Å²) in [5, 5.41) is 11.7.